The van der Waals surface area contributed by atoms with Gasteiger partial charge in [-0.25, -0.2) is 0 Å². The lowest BCUT2D eigenvalue weighted by Gasteiger charge is -2.02. The van der Waals surface area contributed by atoms with Crippen LogP contribution in [0.4, 0.5) is 0 Å². The Kier molecular flexibility index (Phi) is 12.7. The van der Waals surface area contributed by atoms with Crippen LogP contribution in [0.3, 0.4) is 0 Å². The van der Waals surface area contributed by atoms with E-state index in [0.29, 0.717) is 0 Å². The van der Waals surface area contributed by atoms with Gasteiger partial charge in [0.1, 0.15) is 0 Å². The molecule has 0 spiro atoms. The van der Waals surface area contributed by atoms with Gasteiger partial charge in [0.2, 0.25) is 5.12 Å². The first-order valence-corrected chi connectivity index (χ1v) is 11.1. The number of unbranched alkanes of at least 4 members (excludes halogenated alkanes) is 9. The Hall–Kier alpha value is -0.410. The van der Waals surface area contributed by atoms with Crippen molar-refractivity contribution < 1.29 is 4.79 Å². The van der Waals surface area contributed by atoms with E-state index in [4.69, 9.17) is 0 Å². The number of rotatable bonds is 13. The lowest BCUT2D eigenvalue weighted by Crippen LogP contribution is -1.90. The first-order valence-electron chi connectivity index (χ1n) is 8.73. The monoisotopic (exact) mass is 338 g/mol. The van der Waals surface area contributed by atoms with Crippen molar-refractivity contribution in [2.24, 2.45) is 0 Å². The Bertz CT molecular complexity index is 378. The number of carbonyl (C=O) groups is 1. The van der Waals surface area contributed by atoms with Gasteiger partial charge in [-0.1, -0.05) is 106 Å². The number of hydrogen-bond acceptors (Lipinski definition) is 3. The van der Waals surface area contributed by atoms with Gasteiger partial charge in [0, 0.05) is 11.3 Å². The highest BCUT2D eigenvalue weighted by Gasteiger charge is 2.05. The lowest BCUT2D eigenvalue weighted by atomic mass is 10.1. The van der Waals surface area contributed by atoms with Gasteiger partial charge in [0.25, 0.3) is 0 Å². The largest absolute Gasteiger partial charge is 0.281 e. The molecule has 3 heteroatoms. The Morgan fingerprint density at radius 1 is 0.818 bits per heavy atom. The summed E-state index contributed by atoms with van der Waals surface area (Å²) in [5.74, 6) is 1.08. The first-order chi connectivity index (χ1) is 10.8. The van der Waals surface area contributed by atoms with Gasteiger partial charge in [0.15, 0.2) is 0 Å². The van der Waals surface area contributed by atoms with Gasteiger partial charge in [0.05, 0.1) is 0 Å². The van der Waals surface area contributed by atoms with Crippen molar-refractivity contribution in [2.45, 2.75) is 71.1 Å². The zero-order valence-corrected chi connectivity index (χ0v) is 15.5. The van der Waals surface area contributed by atoms with Crippen LogP contribution in [0.5, 0.6) is 0 Å². The van der Waals surface area contributed by atoms with E-state index in [1.165, 1.54) is 75.0 Å². The minimum atomic E-state index is 0.178. The number of carbonyl (C=O) groups excluding carboxylic acids is 1. The van der Waals surface area contributed by atoms with Crippen molar-refractivity contribution in [1.29, 1.82) is 0 Å². The van der Waals surface area contributed by atoms with Gasteiger partial charge in [-0.2, -0.15) is 0 Å². The van der Waals surface area contributed by atoms with Crippen LogP contribution in [0.25, 0.3) is 0 Å². The fraction of sp³-hybridized carbons (Fsp3) is 0.632. The van der Waals surface area contributed by atoms with Crippen molar-refractivity contribution in [3.63, 3.8) is 0 Å². The summed E-state index contributed by atoms with van der Waals surface area (Å²) in [7, 11) is 3.09. The molecular formula is C19H30OS2. The highest BCUT2D eigenvalue weighted by molar-refractivity contribution is 8.82. The highest BCUT2D eigenvalue weighted by atomic mass is 33.1. The second kappa shape index (κ2) is 14.2. The topological polar surface area (TPSA) is 17.1 Å². The van der Waals surface area contributed by atoms with Crippen LogP contribution in [0.2, 0.25) is 0 Å². The molecule has 0 heterocycles. The molecule has 0 bridgehead atoms. The molecule has 0 unspecified atom stereocenters. The predicted octanol–water partition coefficient (Wildman–Crippen LogP) is 7.13. The molecule has 0 aliphatic rings. The van der Waals surface area contributed by atoms with E-state index in [2.05, 4.69) is 6.92 Å². The fourth-order valence-electron chi connectivity index (χ4n) is 2.37. The maximum absolute atomic E-state index is 11.9. The van der Waals surface area contributed by atoms with E-state index in [-0.39, 0.29) is 5.12 Å². The standard InChI is InChI=1S/C19H30OS2/c1-2-3-4-5-6-7-8-9-10-14-17-21-22-19(20)18-15-12-11-13-16-18/h11-13,15-16H,2-10,14,17H2,1H3. The van der Waals surface area contributed by atoms with Crippen LogP contribution >= 0.6 is 21.6 Å². The van der Waals surface area contributed by atoms with Crippen molar-refractivity contribution in [1.82, 2.24) is 0 Å². The van der Waals surface area contributed by atoms with Gasteiger partial charge >= 0.3 is 0 Å². The van der Waals surface area contributed by atoms with E-state index in [0.717, 1.165) is 11.3 Å². The smallest absolute Gasteiger partial charge is 0.229 e. The zero-order valence-electron chi connectivity index (χ0n) is 13.9. The molecule has 0 aromatic heterocycles. The molecule has 0 amide bonds. The summed E-state index contributed by atoms with van der Waals surface area (Å²) < 4.78 is 0. The Balaban J connectivity index is 1.85. The first kappa shape index (κ1) is 19.6. The van der Waals surface area contributed by atoms with E-state index < -0.39 is 0 Å². The van der Waals surface area contributed by atoms with Gasteiger partial charge in [-0.05, 0) is 17.2 Å². The minimum absolute atomic E-state index is 0.178. The lowest BCUT2D eigenvalue weighted by molar-refractivity contribution is 0.109. The average Bonchev–Trinajstić information content (AvgIpc) is 2.56. The molecule has 0 fully saturated rings. The van der Waals surface area contributed by atoms with Gasteiger partial charge in [-0.15, -0.1) is 0 Å². The van der Waals surface area contributed by atoms with Crippen LogP contribution in [-0.2, 0) is 0 Å². The summed E-state index contributed by atoms with van der Waals surface area (Å²) in [5.41, 5.74) is 0.808. The maximum atomic E-state index is 11.9. The summed E-state index contributed by atoms with van der Waals surface area (Å²) in [6.07, 6.45) is 13.7. The molecule has 22 heavy (non-hydrogen) atoms. The SMILES string of the molecule is CCCCCCCCCCCCSSC(=O)c1ccccc1. The molecule has 0 radical (unpaired) electrons. The van der Waals surface area contributed by atoms with Crippen molar-refractivity contribution >= 4 is 26.7 Å². The number of hydrogen-bond donors (Lipinski definition) is 0. The summed E-state index contributed by atoms with van der Waals surface area (Å²) in [4.78, 5) is 11.9. The molecule has 1 aromatic rings. The van der Waals surface area contributed by atoms with E-state index in [9.17, 15) is 4.79 Å². The molecule has 0 aliphatic heterocycles. The Morgan fingerprint density at radius 2 is 1.36 bits per heavy atom. The highest BCUT2D eigenvalue weighted by Crippen LogP contribution is 2.27. The zero-order chi connectivity index (χ0) is 15.9. The number of benzene rings is 1. The second-order valence-electron chi connectivity index (χ2n) is 5.74. The van der Waals surface area contributed by atoms with Crippen LogP contribution in [-0.4, -0.2) is 10.9 Å². The van der Waals surface area contributed by atoms with Crippen LogP contribution in [0.1, 0.15) is 81.5 Å². The summed E-state index contributed by atoms with van der Waals surface area (Å²) in [6, 6.07) is 9.55. The Labute approximate surface area is 144 Å². The molecule has 1 aromatic carbocycles. The van der Waals surface area contributed by atoms with E-state index >= 15 is 0 Å². The maximum Gasteiger partial charge on any atom is 0.229 e. The summed E-state index contributed by atoms with van der Waals surface area (Å²) in [5, 5.41) is 0.178. The third-order valence-electron chi connectivity index (χ3n) is 3.73. The third-order valence-corrected chi connectivity index (χ3v) is 5.99. The van der Waals surface area contributed by atoms with E-state index in [1.807, 2.05) is 30.3 Å². The molecule has 0 N–H and O–H groups in total. The van der Waals surface area contributed by atoms with Crippen molar-refractivity contribution in [3.05, 3.63) is 35.9 Å². The molecule has 124 valence electrons. The molecule has 0 saturated carbocycles. The van der Waals surface area contributed by atoms with E-state index in [1.54, 1.807) is 10.8 Å². The second-order valence-corrected chi connectivity index (χ2v) is 8.13. The third kappa shape index (κ3) is 10.3. The van der Waals surface area contributed by atoms with Crippen LogP contribution in [0, 0.1) is 0 Å². The Morgan fingerprint density at radius 3 is 1.95 bits per heavy atom. The average molecular weight is 339 g/mol. The van der Waals surface area contributed by atoms with Gasteiger partial charge in [-0.3, -0.25) is 4.79 Å². The summed E-state index contributed by atoms with van der Waals surface area (Å²) >= 11 is 0. The minimum Gasteiger partial charge on any atom is -0.281 e. The molecule has 1 nitrogen and oxygen atoms in total. The van der Waals surface area contributed by atoms with Gasteiger partial charge < -0.3 is 0 Å². The normalized spacial score (nSPS) is 10.8. The molecule has 0 saturated heterocycles. The quantitative estimate of drug-likeness (QED) is 0.281. The molecule has 0 atom stereocenters. The van der Waals surface area contributed by atoms with Crippen LogP contribution < -0.4 is 0 Å². The molecule has 0 aliphatic carbocycles. The van der Waals surface area contributed by atoms with Crippen molar-refractivity contribution in [2.75, 3.05) is 5.75 Å². The van der Waals surface area contributed by atoms with Crippen molar-refractivity contribution in [3.8, 4) is 0 Å². The predicted molar refractivity (Wildman–Crippen MR) is 103 cm³/mol. The fourth-order valence-corrected chi connectivity index (χ4v) is 4.32. The molecular weight excluding hydrogens is 308 g/mol. The summed E-state index contributed by atoms with van der Waals surface area (Å²) in [6.45, 7) is 2.27. The van der Waals surface area contributed by atoms with Crippen LogP contribution in [0.15, 0.2) is 30.3 Å². The molecule has 1 rings (SSSR count).